The van der Waals surface area contributed by atoms with E-state index in [1.807, 2.05) is 0 Å². The van der Waals surface area contributed by atoms with Crippen molar-refractivity contribution in [2.75, 3.05) is 6.54 Å². The predicted octanol–water partition coefficient (Wildman–Crippen LogP) is 1.30. The summed E-state index contributed by atoms with van der Waals surface area (Å²) in [5.74, 6) is 0. The van der Waals surface area contributed by atoms with Crippen LogP contribution in [0.3, 0.4) is 0 Å². The van der Waals surface area contributed by atoms with E-state index in [4.69, 9.17) is 10.3 Å². The Morgan fingerprint density at radius 2 is 1.87 bits per heavy atom. The van der Waals surface area contributed by atoms with Gasteiger partial charge in [0.1, 0.15) is 0 Å². The van der Waals surface area contributed by atoms with Crippen LogP contribution in [-0.4, -0.2) is 32.6 Å². The number of benzene rings is 1. The van der Waals surface area contributed by atoms with E-state index in [0.29, 0.717) is 12.0 Å². The second-order valence-corrected chi connectivity index (χ2v) is 9.31. The van der Waals surface area contributed by atoms with Gasteiger partial charge in [0.25, 0.3) is 0 Å². The minimum atomic E-state index is -5.14. The molecule has 1 aromatic rings. The molecule has 0 heterocycles. The summed E-state index contributed by atoms with van der Waals surface area (Å²) in [4.78, 5) is 27.4. The van der Waals surface area contributed by atoms with Gasteiger partial charge in [-0.3, -0.25) is 13.7 Å². The first kappa shape index (κ1) is 18.5. The van der Waals surface area contributed by atoms with Crippen LogP contribution in [0, 0.1) is 0 Å². The van der Waals surface area contributed by atoms with Gasteiger partial charge in [0.2, 0.25) is 4.90 Å². The maximum atomic E-state index is 12.7. The molecule has 23 heavy (non-hydrogen) atoms. The fourth-order valence-corrected chi connectivity index (χ4v) is 6.14. The minimum absolute atomic E-state index is 0.00908. The molecule has 0 bridgehead atoms. The molecule has 0 aromatic heterocycles. The van der Waals surface area contributed by atoms with E-state index in [1.54, 1.807) is 12.1 Å². The molecule has 0 saturated carbocycles. The molecule has 1 aliphatic rings. The Morgan fingerprint density at radius 1 is 1.22 bits per heavy atom. The second kappa shape index (κ2) is 6.59. The third kappa shape index (κ3) is 3.22. The molecule has 8 nitrogen and oxygen atoms in total. The summed E-state index contributed by atoms with van der Waals surface area (Å²) in [6.45, 7) is 0.239. The van der Waals surface area contributed by atoms with Crippen LogP contribution in [-0.2, 0) is 18.6 Å². The van der Waals surface area contributed by atoms with Gasteiger partial charge >= 0.3 is 15.2 Å². The van der Waals surface area contributed by atoms with Crippen molar-refractivity contribution in [2.24, 2.45) is 5.73 Å². The van der Waals surface area contributed by atoms with Gasteiger partial charge in [0.05, 0.1) is 0 Å². The first-order valence-electron chi connectivity index (χ1n) is 6.89. The van der Waals surface area contributed by atoms with E-state index >= 15 is 0 Å². The lowest BCUT2D eigenvalue weighted by atomic mass is 10.1. The van der Waals surface area contributed by atoms with Gasteiger partial charge in [-0.25, -0.2) is 0 Å². The van der Waals surface area contributed by atoms with Crippen molar-refractivity contribution >= 4 is 21.3 Å². The lowest BCUT2D eigenvalue weighted by Crippen LogP contribution is -2.26. The summed E-state index contributed by atoms with van der Waals surface area (Å²) in [5, 5.41) is 9.72. The normalized spacial score (nSPS) is 24.2. The largest absolute Gasteiger partial charge is 0.368 e. The van der Waals surface area contributed by atoms with Gasteiger partial charge in [-0.15, -0.1) is 0 Å². The quantitative estimate of drug-likeness (QED) is 0.359. The molecule has 0 radical (unpaired) electrons. The average molecular weight is 363 g/mol. The summed E-state index contributed by atoms with van der Waals surface area (Å²) in [7, 11) is -10.1. The van der Waals surface area contributed by atoms with E-state index < -0.39 is 26.4 Å². The molecule has 0 amide bonds. The molecule has 10 heteroatoms. The number of allylic oxidation sites excluding steroid dienone is 1. The van der Waals surface area contributed by atoms with Crippen LogP contribution in [0.4, 0.5) is 0 Å². The van der Waals surface area contributed by atoms with Gasteiger partial charge in [-0.2, -0.15) is 0 Å². The highest BCUT2D eigenvalue weighted by atomic mass is 31.2. The Labute approximate surface area is 133 Å². The molecular weight excluding hydrogens is 344 g/mol. The summed E-state index contributed by atoms with van der Waals surface area (Å²) in [6, 6.07) is 6.06. The lowest BCUT2D eigenvalue weighted by molar-refractivity contribution is -0.0322. The fourth-order valence-electron chi connectivity index (χ4n) is 2.53. The highest BCUT2D eigenvalue weighted by Crippen LogP contribution is 2.79. The van der Waals surface area contributed by atoms with Crippen LogP contribution < -0.4 is 5.73 Å². The van der Waals surface area contributed by atoms with Crippen molar-refractivity contribution in [3.8, 4) is 0 Å². The molecule has 1 aromatic carbocycles. The lowest BCUT2D eigenvalue weighted by Gasteiger charge is -2.34. The average Bonchev–Trinajstić information content (AvgIpc) is 2.85. The molecular formula is C13H19NO7P2. The maximum absolute atomic E-state index is 12.7. The highest BCUT2D eigenvalue weighted by molar-refractivity contribution is 7.72. The number of fused-ring (bicyclic) bond motifs is 1. The number of rotatable bonds is 7. The zero-order valence-corrected chi connectivity index (χ0v) is 13.9. The first-order valence-corrected chi connectivity index (χ1v) is 10.1. The van der Waals surface area contributed by atoms with Gasteiger partial charge in [0, 0.05) is 0 Å². The Kier molecular flexibility index (Phi) is 5.31. The Bertz CT molecular complexity index is 701. The van der Waals surface area contributed by atoms with Crippen molar-refractivity contribution in [1.82, 2.24) is 0 Å². The zero-order valence-electron chi connectivity index (χ0n) is 12.1. The summed E-state index contributed by atoms with van der Waals surface area (Å²) < 4.78 is 29.6. The summed E-state index contributed by atoms with van der Waals surface area (Å²) in [6.07, 6.45) is 0.987. The van der Waals surface area contributed by atoms with E-state index in [2.05, 4.69) is 0 Å². The zero-order chi connectivity index (χ0) is 17.3. The van der Waals surface area contributed by atoms with Crippen LogP contribution in [0.25, 0.3) is 6.08 Å². The van der Waals surface area contributed by atoms with Gasteiger partial charge in [0.15, 0.2) is 6.29 Å². The smallest absolute Gasteiger partial charge is 0.356 e. The number of aliphatic hydroxyl groups is 1. The third-order valence-electron chi connectivity index (χ3n) is 3.65. The summed E-state index contributed by atoms with van der Waals surface area (Å²) in [5.41, 5.74) is 5.69. The van der Waals surface area contributed by atoms with Crippen LogP contribution >= 0.6 is 15.2 Å². The van der Waals surface area contributed by atoms with Crippen molar-refractivity contribution in [3.63, 3.8) is 0 Å². The molecule has 6 N–H and O–H groups in total. The van der Waals surface area contributed by atoms with Gasteiger partial charge in [-0.1, -0.05) is 30.3 Å². The standard InChI is InChI=1S/C13H19NO7P2/c14-9-3-6-12(15)21-23(19,20)13(22(16,17)18)8-7-10-4-1-2-5-11(10)13/h1-2,4-5,7-8,12,15H,3,6,9,14H2,(H,19,20)(H2,16,17,18). The maximum Gasteiger partial charge on any atom is 0.356 e. The molecule has 0 spiro atoms. The van der Waals surface area contributed by atoms with E-state index in [9.17, 15) is 28.9 Å². The molecule has 2 rings (SSSR count). The Morgan fingerprint density at radius 3 is 2.48 bits per heavy atom. The predicted molar refractivity (Wildman–Crippen MR) is 84.4 cm³/mol. The Balaban J connectivity index is 2.48. The van der Waals surface area contributed by atoms with Crippen LogP contribution in [0.15, 0.2) is 30.3 Å². The minimum Gasteiger partial charge on any atom is -0.368 e. The number of hydrogen-bond acceptors (Lipinski definition) is 5. The molecule has 0 saturated heterocycles. The van der Waals surface area contributed by atoms with E-state index in [1.165, 1.54) is 18.2 Å². The molecule has 1 aliphatic carbocycles. The van der Waals surface area contributed by atoms with Crippen LogP contribution in [0.2, 0.25) is 0 Å². The SMILES string of the molecule is NCCCC(O)OP(=O)(O)C1(P(=O)(O)O)C=Cc2ccccc21. The van der Waals surface area contributed by atoms with Crippen molar-refractivity contribution in [2.45, 2.75) is 24.0 Å². The highest BCUT2D eigenvalue weighted by Gasteiger charge is 2.63. The topological polar surface area (TPSA) is 150 Å². The molecule has 0 fully saturated rings. The summed E-state index contributed by atoms with van der Waals surface area (Å²) >= 11 is 0. The van der Waals surface area contributed by atoms with Gasteiger partial charge < -0.3 is 25.5 Å². The molecule has 128 valence electrons. The number of nitrogens with two attached hydrogens (primary N) is 1. The van der Waals surface area contributed by atoms with Crippen LogP contribution in [0.1, 0.15) is 24.0 Å². The third-order valence-corrected chi connectivity index (χ3v) is 8.25. The van der Waals surface area contributed by atoms with Crippen molar-refractivity contribution in [1.29, 1.82) is 0 Å². The molecule has 3 atom stereocenters. The fraction of sp³-hybridized carbons (Fsp3) is 0.385. The monoisotopic (exact) mass is 363 g/mol. The van der Waals surface area contributed by atoms with E-state index in [-0.39, 0.29) is 18.5 Å². The van der Waals surface area contributed by atoms with Gasteiger partial charge in [-0.05, 0) is 36.6 Å². The second-order valence-electron chi connectivity index (χ2n) is 5.20. The molecule has 3 unspecified atom stereocenters. The first-order chi connectivity index (χ1) is 10.7. The Hall–Kier alpha value is -0.820. The number of hydrogen-bond donors (Lipinski definition) is 5. The molecule has 0 aliphatic heterocycles. The van der Waals surface area contributed by atoms with Crippen molar-refractivity contribution < 1.29 is 33.4 Å². The van der Waals surface area contributed by atoms with E-state index in [0.717, 1.165) is 6.08 Å². The number of aliphatic hydroxyl groups excluding tert-OH is 1. The van der Waals surface area contributed by atoms with Crippen LogP contribution in [0.5, 0.6) is 0 Å². The van der Waals surface area contributed by atoms with Crippen molar-refractivity contribution in [3.05, 3.63) is 41.5 Å².